The van der Waals surface area contributed by atoms with Crippen molar-refractivity contribution in [2.75, 3.05) is 39.3 Å². The van der Waals surface area contributed by atoms with Crippen molar-refractivity contribution in [3.8, 4) is 0 Å². The summed E-state index contributed by atoms with van der Waals surface area (Å²) >= 11 is 0. The van der Waals surface area contributed by atoms with E-state index in [2.05, 4.69) is 23.6 Å². The first kappa shape index (κ1) is 16.9. The van der Waals surface area contributed by atoms with Gasteiger partial charge in [-0.05, 0) is 26.2 Å². The molecule has 1 heterocycles. The standard InChI is InChI=1S/C16H34N2O/c1-5-7-8-15(6-2)13-17-9-11-18(12-10-17)14-16(3,4)19/h15,19H,5-14H2,1-4H3. The van der Waals surface area contributed by atoms with Crippen molar-refractivity contribution in [1.82, 2.24) is 9.80 Å². The smallest absolute Gasteiger partial charge is 0.0718 e. The van der Waals surface area contributed by atoms with Crippen molar-refractivity contribution in [3.05, 3.63) is 0 Å². The van der Waals surface area contributed by atoms with Gasteiger partial charge in [-0.3, -0.25) is 4.90 Å². The average molecular weight is 270 g/mol. The fourth-order valence-corrected chi connectivity index (χ4v) is 2.96. The van der Waals surface area contributed by atoms with Gasteiger partial charge >= 0.3 is 0 Å². The zero-order chi connectivity index (χ0) is 14.3. The average Bonchev–Trinajstić information content (AvgIpc) is 2.34. The van der Waals surface area contributed by atoms with Crippen LogP contribution in [-0.4, -0.2) is 59.8 Å². The highest BCUT2D eigenvalue weighted by Crippen LogP contribution is 2.16. The SMILES string of the molecule is CCCCC(CC)CN1CCN(CC(C)(C)O)CC1. The number of β-amino-alcohol motifs (C(OH)–C–C–N with tert-alkyl or cyclic N) is 1. The van der Waals surface area contributed by atoms with Crippen LogP contribution in [0.4, 0.5) is 0 Å². The van der Waals surface area contributed by atoms with Gasteiger partial charge in [-0.15, -0.1) is 0 Å². The van der Waals surface area contributed by atoms with E-state index in [1.54, 1.807) is 0 Å². The molecule has 1 unspecified atom stereocenters. The summed E-state index contributed by atoms with van der Waals surface area (Å²) in [4.78, 5) is 5.01. The molecule has 0 aromatic heterocycles. The lowest BCUT2D eigenvalue weighted by Gasteiger charge is -2.38. The van der Waals surface area contributed by atoms with Crippen LogP contribution in [-0.2, 0) is 0 Å². The molecule has 1 aliphatic heterocycles. The summed E-state index contributed by atoms with van der Waals surface area (Å²) in [5.41, 5.74) is -0.560. The van der Waals surface area contributed by atoms with Crippen LogP contribution in [0, 0.1) is 5.92 Å². The molecule has 3 heteroatoms. The molecule has 1 N–H and O–H groups in total. The van der Waals surface area contributed by atoms with Gasteiger partial charge in [0, 0.05) is 39.3 Å². The Hall–Kier alpha value is -0.120. The van der Waals surface area contributed by atoms with Crippen molar-refractivity contribution in [2.45, 2.75) is 59.0 Å². The Morgan fingerprint density at radius 1 is 1.05 bits per heavy atom. The number of aliphatic hydroxyl groups is 1. The van der Waals surface area contributed by atoms with E-state index in [4.69, 9.17) is 0 Å². The Labute approximate surface area is 120 Å². The fourth-order valence-electron chi connectivity index (χ4n) is 2.96. The van der Waals surface area contributed by atoms with Gasteiger partial charge in [-0.2, -0.15) is 0 Å². The van der Waals surface area contributed by atoms with Gasteiger partial charge in [0.1, 0.15) is 0 Å². The van der Waals surface area contributed by atoms with Gasteiger partial charge in [0.05, 0.1) is 5.60 Å². The van der Waals surface area contributed by atoms with Crippen molar-refractivity contribution in [1.29, 1.82) is 0 Å². The Balaban J connectivity index is 2.25. The molecule has 0 aliphatic carbocycles. The van der Waals surface area contributed by atoms with E-state index in [-0.39, 0.29) is 0 Å². The maximum atomic E-state index is 9.86. The van der Waals surface area contributed by atoms with Crippen LogP contribution in [0.15, 0.2) is 0 Å². The second-order valence-electron chi connectivity index (χ2n) is 6.81. The minimum Gasteiger partial charge on any atom is -0.389 e. The molecule has 0 saturated carbocycles. The van der Waals surface area contributed by atoms with Crippen LogP contribution in [0.5, 0.6) is 0 Å². The van der Waals surface area contributed by atoms with Gasteiger partial charge in [0.25, 0.3) is 0 Å². The first-order chi connectivity index (χ1) is 8.94. The molecule has 3 nitrogen and oxygen atoms in total. The molecule has 0 bridgehead atoms. The Morgan fingerprint density at radius 3 is 2.11 bits per heavy atom. The van der Waals surface area contributed by atoms with Crippen LogP contribution in [0.25, 0.3) is 0 Å². The van der Waals surface area contributed by atoms with Crippen molar-refractivity contribution in [3.63, 3.8) is 0 Å². The second-order valence-corrected chi connectivity index (χ2v) is 6.81. The lowest BCUT2D eigenvalue weighted by atomic mass is 9.98. The topological polar surface area (TPSA) is 26.7 Å². The van der Waals surface area contributed by atoms with E-state index in [1.807, 2.05) is 13.8 Å². The van der Waals surface area contributed by atoms with E-state index < -0.39 is 5.60 Å². The normalized spacial score (nSPS) is 20.7. The zero-order valence-corrected chi connectivity index (χ0v) is 13.5. The highest BCUT2D eigenvalue weighted by molar-refractivity contribution is 4.78. The molecule has 0 aromatic carbocycles. The molecule has 0 amide bonds. The molecule has 1 rings (SSSR count). The Bertz CT molecular complexity index is 229. The maximum absolute atomic E-state index is 9.86. The number of nitrogens with zero attached hydrogens (tertiary/aromatic N) is 2. The molecule has 1 atom stereocenters. The molecule has 19 heavy (non-hydrogen) atoms. The minimum absolute atomic E-state index is 0.560. The van der Waals surface area contributed by atoms with E-state index in [0.717, 1.165) is 25.6 Å². The number of unbranched alkanes of at least 4 members (excludes halogenated alkanes) is 1. The highest BCUT2D eigenvalue weighted by Gasteiger charge is 2.23. The van der Waals surface area contributed by atoms with E-state index >= 15 is 0 Å². The van der Waals surface area contributed by atoms with Crippen molar-refractivity contribution in [2.24, 2.45) is 5.92 Å². The van der Waals surface area contributed by atoms with Gasteiger partial charge in [0.2, 0.25) is 0 Å². The molecule has 1 saturated heterocycles. The lowest BCUT2D eigenvalue weighted by molar-refractivity contribution is 0.0154. The third-order valence-corrected chi connectivity index (χ3v) is 4.14. The van der Waals surface area contributed by atoms with E-state index in [9.17, 15) is 5.11 Å². The molecule has 0 spiro atoms. The minimum atomic E-state index is -0.560. The van der Waals surface area contributed by atoms with Crippen LogP contribution >= 0.6 is 0 Å². The monoisotopic (exact) mass is 270 g/mol. The molecule has 114 valence electrons. The van der Waals surface area contributed by atoms with Gasteiger partial charge < -0.3 is 10.0 Å². The lowest BCUT2D eigenvalue weighted by Crippen LogP contribution is -2.51. The largest absolute Gasteiger partial charge is 0.389 e. The summed E-state index contributed by atoms with van der Waals surface area (Å²) in [6.45, 7) is 15.0. The van der Waals surface area contributed by atoms with Gasteiger partial charge in [0.15, 0.2) is 0 Å². The summed E-state index contributed by atoms with van der Waals surface area (Å²) in [6, 6.07) is 0. The Morgan fingerprint density at radius 2 is 1.63 bits per heavy atom. The molecular weight excluding hydrogens is 236 g/mol. The summed E-state index contributed by atoms with van der Waals surface area (Å²) in [5, 5.41) is 9.86. The second kappa shape index (κ2) is 8.23. The van der Waals surface area contributed by atoms with E-state index in [0.29, 0.717) is 0 Å². The van der Waals surface area contributed by atoms with Gasteiger partial charge in [-0.25, -0.2) is 0 Å². The maximum Gasteiger partial charge on any atom is 0.0718 e. The quantitative estimate of drug-likeness (QED) is 0.734. The van der Waals surface area contributed by atoms with Gasteiger partial charge in [-0.1, -0.05) is 33.1 Å². The summed E-state index contributed by atoms with van der Waals surface area (Å²) in [5.74, 6) is 0.876. The molecule has 0 aromatic rings. The van der Waals surface area contributed by atoms with Crippen LogP contribution in [0.3, 0.4) is 0 Å². The first-order valence-electron chi connectivity index (χ1n) is 8.11. The third kappa shape index (κ3) is 7.28. The predicted molar refractivity (Wildman–Crippen MR) is 82.5 cm³/mol. The third-order valence-electron chi connectivity index (χ3n) is 4.14. The Kier molecular flexibility index (Phi) is 7.33. The molecular formula is C16H34N2O. The summed E-state index contributed by atoms with van der Waals surface area (Å²) in [6.07, 6.45) is 5.38. The molecule has 0 radical (unpaired) electrons. The number of piperazine rings is 1. The molecule has 1 fully saturated rings. The first-order valence-corrected chi connectivity index (χ1v) is 8.11. The van der Waals surface area contributed by atoms with Crippen molar-refractivity contribution < 1.29 is 5.11 Å². The zero-order valence-electron chi connectivity index (χ0n) is 13.5. The predicted octanol–water partition coefficient (Wildman–Crippen LogP) is 2.59. The number of hydrogen-bond donors (Lipinski definition) is 1. The summed E-state index contributed by atoms with van der Waals surface area (Å²) < 4.78 is 0. The summed E-state index contributed by atoms with van der Waals surface area (Å²) in [7, 11) is 0. The van der Waals surface area contributed by atoms with Crippen molar-refractivity contribution >= 4 is 0 Å². The number of hydrogen-bond acceptors (Lipinski definition) is 3. The fraction of sp³-hybridized carbons (Fsp3) is 1.00. The molecule has 1 aliphatic rings. The number of rotatable bonds is 8. The van der Waals surface area contributed by atoms with Crippen LogP contribution in [0.2, 0.25) is 0 Å². The van der Waals surface area contributed by atoms with Crippen LogP contribution < -0.4 is 0 Å². The highest BCUT2D eigenvalue weighted by atomic mass is 16.3. The van der Waals surface area contributed by atoms with Crippen LogP contribution in [0.1, 0.15) is 53.4 Å². The van der Waals surface area contributed by atoms with E-state index in [1.165, 1.54) is 45.3 Å².